The van der Waals surface area contributed by atoms with Crippen LogP contribution in [0.2, 0.25) is 0 Å². The van der Waals surface area contributed by atoms with Crippen LogP contribution >= 0.6 is 15.9 Å². The van der Waals surface area contributed by atoms with E-state index in [2.05, 4.69) is 36.2 Å². The van der Waals surface area contributed by atoms with Crippen LogP contribution < -0.4 is 10.0 Å². The van der Waals surface area contributed by atoms with E-state index in [1.165, 1.54) is 0 Å². The fourth-order valence-electron chi connectivity index (χ4n) is 4.24. The van der Waals surface area contributed by atoms with E-state index in [9.17, 15) is 8.42 Å². The monoisotopic (exact) mass is 552 g/mol. The van der Waals surface area contributed by atoms with Gasteiger partial charge in [0.25, 0.3) is 0 Å². The van der Waals surface area contributed by atoms with Crippen molar-refractivity contribution in [1.29, 1.82) is 0 Å². The summed E-state index contributed by atoms with van der Waals surface area (Å²) in [6, 6.07) is 21.0. The molecule has 0 bridgehead atoms. The van der Waals surface area contributed by atoms with Gasteiger partial charge in [-0.15, -0.1) is 10.2 Å². The largest absolute Gasteiger partial charge is 0.377 e. The highest BCUT2D eigenvalue weighted by Gasteiger charge is 2.23. The van der Waals surface area contributed by atoms with Crippen molar-refractivity contribution >= 4 is 48.2 Å². The number of aryl methyl sites for hydroxylation is 1. The van der Waals surface area contributed by atoms with Gasteiger partial charge in [0, 0.05) is 39.6 Å². The van der Waals surface area contributed by atoms with Gasteiger partial charge in [-0.1, -0.05) is 58.4 Å². The minimum absolute atomic E-state index is 0.0756. The molecule has 1 fully saturated rings. The van der Waals surface area contributed by atoms with Gasteiger partial charge in [-0.2, -0.15) is 0 Å². The molecule has 1 aliphatic heterocycles. The molecule has 1 aliphatic rings. The van der Waals surface area contributed by atoms with Crippen LogP contribution in [-0.2, 0) is 14.8 Å². The lowest BCUT2D eigenvalue weighted by Gasteiger charge is -2.15. The fourth-order valence-corrected chi connectivity index (χ4v) is 5.97. The van der Waals surface area contributed by atoms with Crippen LogP contribution in [0.25, 0.3) is 22.0 Å². The lowest BCUT2D eigenvalue weighted by atomic mass is 10.0. The smallest absolute Gasteiger partial charge is 0.240 e. The molecule has 0 aliphatic carbocycles. The Bertz CT molecular complexity index is 1490. The molecule has 5 rings (SSSR count). The van der Waals surface area contributed by atoms with Crippen molar-refractivity contribution in [2.75, 3.05) is 18.5 Å². The lowest BCUT2D eigenvalue weighted by Crippen LogP contribution is -2.32. The highest BCUT2D eigenvalue weighted by molar-refractivity contribution is 9.10. The second kappa shape index (κ2) is 10.0. The van der Waals surface area contributed by atoms with E-state index in [1.807, 2.05) is 54.6 Å². The van der Waals surface area contributed by atoms with E-state index in [1.54, 1.807) is 19.1 Å². The van der Waals surface area contributed by atoms with Crippen LogP contribution in [-0.4, -0.2) is 37.9 Å². The number of ether oxygens (including phenoxy) is 1. The maximum Gasteiger partial charge on any atom is 0.240 e. The predicted molar refractivity (Wildman–Crippen MR) is 141 cm³/mol. The maximum absolute atomic E-state index is 13.1. The molecule has 9 heteroatoms. The summed E-state index contributed by atoms with van der Waals surface area (Å²) in [5, 5.41) is 14.0. The first kappa shape index (κ1) is 23.9. The number of sulfonamides is 1. The van der Waals surface area contributed by atoms with Crippen LogP contribution in [0.1, 0.15) is 18.4 Å². The minimum atomic E-state index is -3.71. The summed E-state index contributed by atoms with van der Waals surface area (Å²) in [6.07, 6.45) is 1.75. The van der Waals surface area contributed by atoms with Gasteiger partial charge in [0.05, 0.1) is 11.0 Å². The van der Waals surface area contributed by atoms with Crippen molar-refractivity contribution in [2.45, 2.75) is 30.8 Å². The number of halogens is 1. The highest BCUT2D eigenvalue weighted by Crippen LogP contribution is 2.33. The summed E-state index contributed by atoms with van der Waals surface area (Å²) in [6.45, 7) is 2.74. The molecule has 2 heterocycles. The van der Waals surface area contributed by atoms with E-state index in [4.69, 9.17) is 4.74 Å². The maximum atomic E-state index is 13.1. The zero-order valence-corrected chi connectivity index (χ0v) is 21.6. The average molecular weight is 553 g/mol. The number of nitrogens with zero attached hydrogens (tertiary/aromatic N) is 2. The number of anilines is 2. The molecule has 35 heavy (non-hydrogen) atoms. The Morgan fingerprint density at radius 1 is 1.03 bits per heavy atom. The summed E-state index contributed by atoms with van der Waals surface area (Å²) >= 11 is 3.49. The predicted octanol–water partition coefficient (Wildman–Crippen LogP) is 5.57. The number of benzene rings is 3. The van der Waals surface area contributed by atoms with E-state index >= 15 is 0 Å². The zero-order chi connectivity index (χ0) is 24.4. The topological polar surface area (TPSA) is 93.2 Å². The summed E-state index contributed by atoms with van der Waals surface area (Å²) < 4.78 is 35.5. The van der Waals surface area contributed by atoms with Crippen molar-refractivity contribution in [3.05, 3.63) is 76.8 Å². The van der Waals surface area contributed by atoms with Gasteiger partial charge in [-0.25, -0.2) is 13.1 Å². The average Bonchev–Trinajstić information content (AvgIpc) is 3.37. The molecule has 0 amide bonds. The van der Waals surface area contributed by atoms with Crippen molar-refractivity contribution in [3.63, 3.8) is 0 Å². The second-order valence-electron chi connectivity index (χ2n) is 8.55. The molecule has 0 radical (unpaired) electrons. The molecule has 3 aromatic carbocycles. The van der Waals surface area contributed by atoms with Crippen LogP contribution in [0.15, 0.2) is 76.1 Å². The molecule has 1 unspecified atom stereocenters. The fraction of sp³-hybridized carbons (Fsp3) is 0.231. The number of hydrogen-bond acceptors (Lipinski definition) is 6. The molecule has 1 atom stereocenters. The Balaban J connectivity index is 1.51. The van der Waals surface area contributed by atoms with Gasteiger partial charge >= 0.3 is 0 Å². The van der Waals surface area contributed by atoms with Crippen molar-refractivity contribution in [2.24, 2.45) is 0 Å². The number of hydrogen-bond donors (Lipinski definition) is 2. The molecule has 1 saturated heterocycles. The molecule has 180 valence electrons. The van der Waals surface area contributed by atoms with E-state index in [0.717, 1.165) is 33.8 Å². The Kier molecular flexibility index (Phi) is 6.84. The van der Waals surface area contributed by atoms with Gasteiger partial charge in [0.1, 0.15) is 5.69 Å². The zero-order valence-electron chi connectivity index (χ0n) is 19.2. The van der Waals surface area contributed by atoms with Crippen LogP contribution in [0.3, 0.4) is 0 Å². The van der Waals surface area contributed by atoms with Crippen molar-refractivity contribution < 1.29 is 13.2 Å². The number of fused-ring (bicyclic) bond motifs is 1. The van der Waals surface area contributed by atoms with Gasteiger partial charge in [-0.3, -0.25) is 0 Å². The quantitative estimate of drug-likeness (QED) is 0.311. The molecule has 2 N–H and O–H groups in total. The van der Waals surface area contributed by atoms with E-state index in [0.29, 0.717) is 29.2 Å². The van der Waals surface area contributed by atoms with E-state index < -0.39 is 10.0 Å². The minimum Gasteiger partial charge on any atom is -0.377 e. The second-order valence-corrected chi connectivity index (χ2v) is 11.2. The SMILES string of the molecule is Cc1ccc(-c2nnc(Nc3cccc(Br)c3)c3ccccc23)cc1S(=O)(=O)NCC1CCCO1. The van der Waals surface area contributed by atoms with Crippen molar-refractivity contribution in [1.82, 2.24) is 14.9 Å². The molecular weight excluding hydrogens is 528 g/mol. The number of nitrogens with one attached hydrogen (secondary N) is 2. The van der Waals surface area contributed by atoms with E-state index in [-0.39, 0.29) is 17.5 Å². The summed E-state index contributed by atoms with van der Waals surface area (Å²) in [7, 11) is -3.71. The Morgan fingerprint density at radius 3 is 2.63 bits per heavy atom. The molecule has 1 aromatic heterocycles. The summed E-state index contributed by atoms with van der Waals surface area (Å²) in [4.78, 5) is 0.232. The molecule has 0 saturated carbocycles. The van der Waals surface area contributed by atoms with Crippen LogP contribution in [0, 0.1) is 6.92 Å². The summed E-state index contributed by atoms with van der Waals surface area (Å²) in [5.74, 6) is 0.626. The lowest BCUT2D eigenvalue weighted by molar-refractivity contribution is 0.114. The van der Waals surface area contributed by atoms with Gasteiger partial charge in [0.2, 0.25) is 10.0 Å². The van der Waals surface area contributed by atoms with Gasteiger partial charge in [0.15, 0.2) is 5.82 Å². The third-order valence-electron chi connectivity index (χ3n) is 6.05. The number of rotatable bonds is 7. The first-order valence-electron chi connectivity index (χ1n) is 11.4. The third-order valence-corrected chi connectivity index (χ3v) is 8.11. The highest BCUT2D eigenvalue weighted by atomic mass is 79.9. The standard InChI is InChI=1S/C26H25BrN4O3S/c1-17-11-12-18(14-24(17)35(32,33)28-16-21-8-5-13-34-21)25-22-9-2-3-10-23(22)26(31-30-25)29-20-7-4-6-19(27)15-20/h2-4,6-7,9-12,14-15,21,28H,5,8,13,16H2,1H3,(H,29,31). The molecule has 4 aromatic rings. The molecule has 0 spiro atoms. The number of aromatic nitrogens is 2. The van der Waals surface area contributed by atoms with Crippen LogP contribution in [0.5, 0.6) is 0 Å². The Hall–Kier alpha value is -2.85. The molecular formula is C26H25BrN4O3S. The van der Waals surface area contributed by atoms with Crippen molar-refractivity contribution in [3.8, 4) is 11.3 Å². The first-order valence-corrected chi connectivity index (χ1v) is 13.7. The first-order chi connectivity index (χ1) is 16.9. The third kappa shape index (κ3) is 5.23. The molecule has 7 nitrogen and oxygen atoms in total. The Morgan fingerprint density at radius 2 is 1.86 bits per heavy atom. The normalized spacial score (nSPS) is 16.0. The summed E-state index contributed by atoms with van der Waals surface area (Å²) in [5.41, 5.74) is 2.85. The Labute approximate surface area is 213 Å². The van der Waals surface area contributed by atoms with Gasteiger partial charge < -0.3 is 10.1 Å². The van der Waals surface area contributed by atoms with Crippen LogP contribution in [0.4, 0.5) is 11.5 Å². The van der Waals surface area contributed by atoms with Gasteiger partial charge in [-0.05, 0) is 49.6 Å².